The van der Waals surface area contributed by atoms with Crippen molar-refractivity contribution in [3.05, 3.63) is 63.9 Å². The Bertz CT molecular complexity index is 1160. The molecule has 0 unspecified atom stereocenters. The van der Waals surface area contributed by atoms with Gasteiger partial charge in [0.25, 0.3) is 0 Å². The Kier molecular flexibility index (Phi) is 9.69. The summed E-state index contributed by atoms with van der Waals surface area (Å²) in [7, 11) is 2.05. The van der Waals surface area contributed by atoms with E-state index in [0.717, 1.165) is 42.6 Å². The highest BCUT2D eigenvalue weighted by Crippen LogP contribution is 2.24. The molecule has 1 aromatic heterocycles. The summed E-state index contributed by atoms with van der Waals surface area (Å²) in [4.78, 5) is 26.0. The molecule has 3 N–H and O–H groups in total. The molecule has 0 bridgehead atoms. The number of rotatable bonds is 12. The van der Waals surface area contributed by atoms with Crippen molar-refractivity contribution in [3.63, 3.8) is 0 Å². The van der Waals surface area contributed by atoms with E-state index in [-0.39, 0.29) is 5.92 Å². The average Bonchev–Trinajstić information content (AvgIpc) is 2.80. The molecule has 3 rings (SSSR count). The van der Waals surface area contributed by atoms with Gasteiger partial charge in [-0.1, -0.05) is 62.2 Å². The summed E-state index contributed by atoms with van der Waals surface area (Å²) in [5.74, 6) is 0.942. The van der Waals surface area contributed by atoms with Crippen molar-refractivity contribution in [2.24, 2.45) is 11.7 Å². The van der Waals surface area contributed by atoms with Crippen molar-refractivity contribution in [2.75, 3.05) is 32.0 Å². The van der Waals surface area contributed by atoms with Crippen molar-refractivity contribution in [1.29, 1.82) is 0 Å². The minimum atomic E-state index is -0.517. The number of hydrogen-bond donors (Lipinski definition) is 2. The lowest BCUT2D eigenvalue weighted by Crippen LogP contribution is -2.40. The predicted octanol–water partition coefficient (Wildman–Crippen LogP) is 4.81. The zero-order chi connectivity index (χ0) is 25.5. The van der Waals surface area contributed by atoms with E-state index in [0.29, 0.717) is 28.2 Å². The van der Waals surface area contributed by atoms with E-state index in [4.69, 9.17) is 38.9 Å². The van der Waals surface area contributed by atoms with Crippen LogP contribution in [-0.4, -0.2) is 58.4 Å². The van der Waals surface area contributed by atoms with Gasteiger partial charge in [0.05, 0.1) is 12.1 Å². The highest BCUT2D eigenvalue weighted by atomic mass is 35.5. The Hall–Kier alpha value is -2.45. The number of carbonyl (C=O) groups is 1. The number of likely N-dealkylation sites (N-methyl/N-ethyl adjacent to an activating group) is 2. The molecule has 0 spiro atoms. The smallest absolute Gasteiger partial charge is 0.240 e. The van der Waals surface area contributed by atoms with Gasteiger partial charge in [-0.15, -0.1) is 0 Å². The Morgan fingerprint density at radius 1 is 1.09 bits per heavy atom. The summed E-state index contributed by atoms with van der Waals surface area (Å²) in [6.45, 7) is 9.96. The van der Waals surface area contributed by atoms with E-state index in [9.17, 15) is 4.79 Å². The van der Waals surface area contributed by atoms with E-state index < -0.39 is 11.9 Å². The summed E-state index contributed by atoms with van der Waals surface area (Å²) in [6.07, 6.45) is 0. The third-order valence-electron chi connectivity index (χ3n) is 5.98. The second kappa shape index (κ2) is 12.5. The molecule has 1 heterocycles. The Balaban J connectivity index is 1.70. The molecule has 1 amide bonds. The first kappa shape index (κ1) is 27.1. The molecular weight excluding hydrogens is 483 g/mol. The van der Waals surface area contributed by atoms with Crippen LogP contribution < -0.4 is 11.1 Å². The number of aromatic nitrogens is 2. The van der Waals surface area contributed by atoms with E-state index in [1.165, 1.54) is 0 Å². The summed E-state index contributed by atoms with van der Waals surface area (Å²) < 4.78 is 0. The summed E-state index contributed by atoms with van der Waals surface area (Å²) >= 11 is 12.4. The lowest BCUT2D eigenvalue weighted by Gasteiger charge is -2.25. The van der Waals surface area contributed by atoms with Crippen molar-refractivity contribution < 1.29 is 4.79 Å². The van der Waals surface area contributed by atoms with Gasteiger partial charge in [0.1, 0.15) is 17.7 Å². The molecule has 0 aliphatic rings. The van der Waals surface area contributed by atoms with Gasteiger partial charge in [-0.2, -0.15) is 0 Å². The van der Waals surface area contributed by atoms with Gasteiger partial charge in [0.15, 0.2) is 0 Å². The topological polar surface area (TPSA) is 87.4 Å². The first-order valence-electron chi connectivity index (χ1n) is 11.8. The van der Waals surface area contributed by atoms with Crippen LogP contribution in [0.2, 0.25) is 10.0 Å². The number of anilines is 1. The Morgan fingerprint density at radius 3 is 2.49 bits per heavy atom. The van der Waals surface area contributed by atoms with Crippen LogP contribution in [0.5, 0.6) is 0 Å². The number of halogens is 2. The maximum Gasteiger partial charge on any atom is 0.240 e. The van der Waals surface area contributed by atoms with Crippen molar-refractivity contribution in [3.8, 4) is 0 Å². The number of nitrogens with two attached hydrogens (primary N) is 1. The third-order valence-corrected chi connectivity index (χ3v) is 6.57. The van der Waals surface area contributed by atoms with Crippen LogP contribution >= 0.6 is 23.2 Å². The molecule has 188 valence electrons. The van der Waals surface area contributed by atoms with E-state index in [1.54, 1.807) is 6.07 Å². The van der Waals surface area contributed by atoms with Gasteiger partial charge < -0.3 is 11.1 Å². The molecular formula is C26H34Cl2N6O. The quantitative estimate of drug-likeness (QED) is 0.359. The van der Waals surface area contributed by atoms with Gasteiger partial charge in [0, 0.05) is 35.1 Å². The molecule has 0 saturated heterocycles. The lowest BCUT2D eigenvalue weighted by molar-refractivity contribution is -0.119. The number of para-hydroxylation sites is 1. The molecule has 3 aromatic rings. The van der Waals surface area contributed by atoms with E-state index >= 15 is 0 Å². The van der Waals surface area contributed by atoms with E-state index in [2.05, 4.69) is 29.1 Å². The van der Waals surface area contributed by atoms with Crippen LogP contribution in [0.3, 0.4) is 0 Å². The predicted molar refractivity (Wildman–Crippen MR) is 145 cm³/mol. The first-order chi connectivity index (χ1) is 16.7. The monoisotopic (exact) mass is 516 g/mol. The van der Waals surface area contributed by atoms with Crippen molar-refractivity contribution >= 4 is 45.8 Å². The molecule has 0 aliphatic carbocycles. The summed E-state index contributed by atoms with van der Waals surface area (Å²) in [5.41, 5.74) is 7.51. The standard InChI is InChI=1S/C26H34Cl2N6O/c1-5-34(15-18-10-11-19(27)14-21(18)28)13-12-33(4)16-23-30-22-9-7-6-8-20(22)26(31-23)32-24(17(2)3)25(29)35/h6-11,14,17,24H,5,12-13,15-16H2,1-4H3,(H2,29,35)(H,30,31,32)/t24-/m0/s1. The number of carbonyl (C=O) groups excluding carboxylic acids is 1. The van der Waals surface area contributed by atoms with Crippen LogP contribution in [0.1, 0.15) is 32.2 Å². The second-order valence-electron chi connectivity index (χ2n) is 9.12. The van der Waals surface area contributed by atoms with Gasteiger partial charge in [-0.25, -0.2) is 9.97 Å². The van der Waals surface area contributed by atoms with Crippen LogP contribution in [0.4, 0.5) is 5.82 Å². The van der Waals surface area contributed by atoms with Crippen molar-refractivity contribution in [2.45, 2.75) is 39.9 Å². The van der Waals surface area contributed by atoms with Crippen LogP contribution in [0.25, 0.3) is 10.9 Å². The first-order valence-corrected chi connectivity index (χ1v) is 12.6. The number of amides is 1. The highest BCUT2D eigenvalue weighted by molar-refractivity contribution is 6.35. The Morgan fingerprint density at radius 2 is 1.83 bits per heavy atom. The molecule has 0 fully saturated rings. The number of nitrogens with zero attached hydrogens (tertiary/aromatic N) is 4. The molecule has 0 aliphatic heterocycles. The molecule has 2 aromatic carbocycles. The third kappa shape index (κ3) is 7.51. The van der Waals surface area contributed by atoms with Crippen LogP contribution in [0, 0.1) is 5.92 Å². The molecule has 9 heteroatoms. The minimum Gasteiger partial charge on any atom is -0.368 e. The largest absolute Gasteiger partial charge is 0.368 e. The number of fused-ring (bicyclic) bond motifs is 1. The van der Waals surface area contributed by atoms with Crippen LogP contribution in [0.15, 0.2) is 42.5 Å². The molecule has 1 atom stereocenters. The SMILES string of the molecule is CCN(CCN(C)Cc1nc(N[C@H](C(N)=O)C(C)C)c2ccccc2n1)Cc1ccc(Cl)cc1Cl. The fraction of sp³-hybridized carbons (Fsp3) is 0.423. The minimum absolute atomic E-state index is 0.0292. The zero-order valence-corrected chi connectivity index (χ0v) is 22.3. The fourth-order valence-corrected chi connectivity index (χ4v) is 4.36. The van der Waals surface area contributed by atoms with E-state index in [1.807, 2.05) is 50.2 Å². The van der Waals surface area contributed by atoms with Crippen molar-refractivity contribution in [1.82, 2.24) is 19.8 Å². The molecule has 0 radical (unpaired) electrons. The van der Waals surface area contributed by atoms with Gasteiger partial charge in [-0.3, -0.25) is 14.6 Å². The molecule has 35 heavy (non-hydrogen) atoms. The highest BCUT2D eigenvalue weighted by Gasteiger charge is 2.21. The average molecular weight is 518 g/mol. The molecule has 0 saturated carbocycles. The maximum absolute atomic E-state index is 12.0. The normalized spacial score (nSPS) is 12.6. The van der Waals surface area contributed by atoms with Gasteiger partial charge >= 0.3 is 0 Å². The zero-order valence-electron chi connectivity index (χ0n) is 20.8. The maximum atomic E-state index is 12.0. The fourth-order valence-electron chi connectivity index (χ4n) is 3.89. The number of benzene rings is 2. The summed E-state index contributed by atoms with van der Waals surface area (Å²) in [5, 5.41) is 5.44. The number of nitrogens with one attached hydrogen (secondary N) is 1. The Labute approximate surface area is 217 Å². The lowest BCUT2D eigenvalue weighted by atomic mass is 10.0. The van der Waals surface area contributed by atoms with Crippen LogP contribution in [-0.2, 0) is 17.9 Å². The molecule has 7 nitrogen and oxygen atoms in total. The second-order valence-corrected chi connectivity index (χ2v) is 9.96. The summed E-state index contributed by atoms with van der Waals surface area (Å²) in [6, 6.07) is 12.9. The van der Waals surface area contributed by atoms with Gasteiger partial charge in [0.2, 0.25) is 5.91 Å². The number of primary amides is 1. The van der Waals surface area contributed by atoms with Gasteiger partial charge in [-0.05, 0) is 49.3 Å². The number of hydrogen-bond acceptors (Lipinski definition) is 6.